The number of halogens is 1. The molecule has 0 aromatic carbocycles. The summed E-state index contributed by atoms with van der Waals surface area (Å²) in [7, 11) is 0. The Bertz CT molecular complexity index is 486. The summed E-state index contributed by atoms with van der Waals surface area (Å²) in [6.07, 6.45) is 1.61. The molecule has 2 aromatic rings. The normalized spacial score (nSPS) is 12.6. The van der Waals surface area contributed by atoms with Crippen LogP contribution in [0.4, 0.5) is 5.82 Å². The number of anilines is 1. The zero-order chi connectivity index (χ0) is 11.5. The molecule has 0 saturated carbocycles. The molecule has 5 heteroatoms. The number of aliphatic hydroxyl groups is 1. The third-order valence-electron chi connectivity index (χ3n) is 2.20. The highest BCUT2D eigenvalue weighted by Gasteiger charge is 2.11. The molecule has 0 radical (unpaired) electrons. The summed E-state index contributed by atoms with van der Waals surface area (Å²) in [5.74, 6) is 0.467. The second-order valence-corrected chi connectivity index (χ2v) is 5.20. The summed E-state index contributed by atoms with van der Waals surface area (Å²) in [6, 6.07) is 7.22. The smallest absolute Gasteiger partial charge is 0.123 e. The summed E-state index contributed by atoms with van der Waals surface area (Å²) in [5.41, 5.74) is 6.53. The molecular weight excluding hydrogens is 244 g/mol. The summed E-state index contributed by atoms with van der Waals surface area (Å²) in [6.45, 7) is 0. The van der Waals surface area contributed by atoms with Gasteiger partial charge in [0.25, 0.3) is 0 Å². The van der Waals surface area contributed by atoms with E-state index in [2.05, 4.69) is 4.98 Å². The first-order chi connectivity index (χ1) is 7.65. The molecule has 0 aliphatic heterocycles. The lowest BCUT2D eigenvalue weighted by atomic mass is 10.1. The second-order valence-electron chi connectivity index (χ2n) is 3.45. The van der Waals surface area contributed by atoms with E-state index in [1.807, 2.05) is 12.1 Å². The lowest BCUT2D eigenvalue weighted by Gasteiger charge is -2.08. The first kappa shape index (κ1) is 11.4. The van der Waals surface area contributed by atoms with Crippen LogP contribution in [0, 0.1) is 0 Å². The molecule has 3 N–H and O–H groups in total. The number of pyridine rings is 1. The molecule has 2 rings (SSSR count). The summed E-state index contributed by atoms with van der Waals surface area (Å²) in [4.78, 5) is 4.76. The topological polar surface area (TPSA) is 59.1 Å². The molecular formula is C11H11ClN2OS. The van der Waals surface area contributed by atoms with Gasteiger partial charge in [0.1, 0.15) is 5.82 Å². The van der Waals surface area contributed by atoms with Gasteiger partial charge in [-0.2, -0.15) is 0 Å². The first-order valence-corrected chi connectivity index (χ1v) is 5.98. The van der Waals surface area contributed by atoms with Gasteiger partial charge < -0.3 is 10.8 Å². The van der Waals surface area contributed by atoms with Gasteiger partial charge in [0.2, 0.25) is 0 Å². The molecule has 16 heavy (non-hydrogen) atoms. The monoisotopic (exact) mass is 254 g/mol. The summed E-state index contributed by atoms with van der Waals surface area (Å²) >= 11 is 7.20. The Morgan fingerprint density at radius 1 is 1.44 bits per heavy atom. The maximum absolute atomic E-state index is 9.97. The van der Waals surface area contributed by atoms with E-state index >= 15 is 0 Å². The molecule has 3 nitrogen and oxygen atoms in total. The van der Waals surface area contributed by atoms with E-state index in [4.69, 9.17) is 17.3 Å². The van der Waals surface area contributed by atoms with Crippen molar-refractivity contribution in [3.05, 3.63) is 45.2 Å². The maximum atomic E-state index is 9.97. The zero-order valence-electron chi connectivity index (χ0n) is 8.43. The van der Waals surface area contributed by atoms with Crippen LogP contribution in [-0.2, 0) is 6.42 Å². The summed E-state index contributed by atoms with van der Waals surface area (Å²) < 4.78 is 0.684. The van der Waals surface area contributed by atoms with Crippen molar-refractivity contribution < 1.29 is 5.11 Å². The van der Waals surface area contributed by atoms with Crippen LogP contribution in [0.2, 0.25) is 4.34 Å². The number of thiophene rings is 1. The van der Waals surface area contributed by atoms with Crippen LogP contribution in [0.3, 0.4) is 0 Å². The molecule has 0 fully saturated rings. The summed E-state index contributed by atoms with van der Waals surface area (Å²) in [5, 5.41) is 9.97. The molecule has 1 unspecified atom stereocenters. The number of rotatable bonds is 3. The molecule has 0 spiro atoms. The van der Waals surface area contributed by atoms with E-state index in [0.717, 1.165) is 10.4 Å². The predicted octanol–water partition coefficient (Wildman–Crippen LogP) is 2.65. The highest BCUT2D eigenvalue weighted by atomic mass is 35.5. The van der Waals surface area contributed by atoms with Crippen LogP contribution < -0.4 is 5.73 Å². The van der Waals surface area contributed by atoms with Gasteiger partial charge in [-0.25, -0.2) is 4.98 Å². The average molecular weight is 255 g/mol. The second kappa shape index (κ2) is 4.82. The minimum absolute atomic E-state index is 0.467. The Balaban J connectivity index is 2.10. The SMILES string of the molecule is Nc1cc(CC(O)c2ccc(Cl)s2)ccn1. The Labute approximate surface area is 103 Å². The van der Waals surface area contributed by atoms with Crippen molar-refractivity contribution in [3.63, 3.8) is 0 Å². The van der Waals surface area contributed by atoms with Gasteiger partial charge >= 0.3 is 0 Å². The van der Waals surface area contributed by atoms with Gasteiger partial charge in [-0.05, 0) is 29.8 Å². The van der Waals surface area contributed by atoms with Crippen molar-refractivity contribution in [2.75, 3.05) is 5.73 Å². The van der Waals surface area contributed by atoms with Crippen LogP contribution in [-0.4, -0.2) is 10.1 Å². The van der Waals surface area contributed by atoms with Gasteiger partial charge in [-0.15, -0.1) is 11.3 Å². The van der Waals surface area contributed by atoms with Crippen molar-refractivity contribution in [2.45, 2.75) is 12.5 Å². The van der Waals surface area contributed by atoms with Crippen LogP contribution in [0.25, 0.3) is 0 Å². The molecule has 84 valence electrons. The van der Waals surface area contributed by atoms with E-state index in [0.29, 0.717) is 16.6 Å². The van der Waals surface area contributed by atoms with Crippen molar-refractivity contribution in [2.24, 2.45) is 0 Å². The number of hydrogen-bond acceptors (Lipinski definition) is 4. The number of nitrogens with two attached hydrogens (primary N) is 1. The number of aliphatic hydroxyl groups excluding tert-OH is 1. The fourth-order valence-electron chi connectivity index (χ4n) is 1.45. The number of hydrogen-bond donors (Lipinski definition) is 2. The van der Waals surface area contributed by atoms with Crippen LogP contribution in [0.5, 0.6) is 0 Å². The number of nitrogen functional groups attached to an aromatic ring is 1. The Hall–Kier alpha value is -1.10. The zero-order valence-corrected chi connectivity index (χ0v) is 10.0. The molecule has 0 aliphatic carbocycles. The Kier molecular flexibility index (Phi) is 3.43. The fraction of sp³-hybridized carbons (Fsp3) is 0.182. The minimum atomic E-state index is -0.542. The van der Waals surface area contributed by atoms with E-state index < -0.39 is 6.10 Å². The van der Waals surface area contributed by atoms with E-state index in [1.54, 1.807) is 18.3 Å². The van der Waals surface area contributed by atoms with Gasteiger partial charge in [0.05, 0.1) is 10.4 Å². The standard InChI is InChI=1S/C11H11ClN2OS/c12-10-2-1-9(16-10)8(15)5-7-3-4-14-11(13)6-7/h1-4,6,8,15H,5H2,(H2,13,14). The Morgan fingerprint density at radius 2 is 2.25 bits per heavy atom. The quantitative estimate of drug-likeness (QED) is 0.885. The lowest BCUT2D eigenvalue weighted by molar-refractivity contribution is 0.182. The molecule has 0 aliphatic rings. The maximum Gasteiger partial charge on any atom is 0.123 e. The van der Waals surface area contributed by atoms with Crippen molar-refractivity contribution >= 4 is 28.8 Å². The van der Waals surface area contributed by atoms with Crippen molar-refractivity contribution in [1.29, 1.82) is 0 Å². The molecule has 0 saturated heterocycles. The molecule has 0 amide bonds. The van der Waals surface area contributed by atoms with E-state index in [-0.39, 0.29) is 0 Å². The molecule has 1 atom stereocenters. The predicted molar refractivity (Wildman–Crippen MR) is 66.6 cm³/mol. The molecule has 2 aromatic heterocycles. The number of nitrogens with zero attached hydrogens (tertiary/aromatic N) is 1. The third-order valence-corrected chi connectivity index (χ3v) is 3.53. The van der Waals surface area contributed by atoms with Crippen LogP contribution in [0.1, 0.15) is 16.5 Å². The lowest BCUT2D eigenvalue weighted by Crippen LogP contribution is -2.00. The van der Waals surface area contributed by atoms with Gasteiger partial charge in [-0.1, -0.05) is 11.6 Å². The van der Waals surface area contributed by atoms with Gasteiger partial charge in [0, 0.05) is 17.5 Å². The third kappa shape index (κ3) is 2.72. The largest absolute Gasteiger partial charge is 0.387 e. The van der Waals surface area contributed by atoms with E-state index in [9.17, 15) is 5.11 Å². The van der Waals surface area contributed by atoms with E-state index in [1.165, 1.54) is 11.3 Å². The van der Waals surface area contributed by atoms with Gasteiger partial charge in [-0.3, -0.25) is 0 Å². The van der Waals surface area contributed by atoms with Crippen molar-refractivity contribution in [3.8, 4) is 0 Å². The first-order valence-electron chi connectivity index (χ1n) is 4.79. The Morgan fingerprint density at radius 3 is 2.88 bits per heavy atom. The highest BCUT2D eigenvalue weighted by Crippen LogP contribution is 2.28. The fourth-order valence-corrected chi connectivity index (χ4v) is 2.50. The van der Waals surface area contributed by atoms with Crippen molar-refractivity contribution in [1.82, 2.24) is 4.98 Å². The highest BCUT2D eigenvalue weighted by molar-refractivity contribution is 7.16. The number of aromatic nitrogens is 1. The van der Waals surface area contributed by atoms with Gasteiger partial charge in [0.15, 0.2) is 0 Å². The van der Waals surface area contributed by atoms with Crippen LogP contribution >= 0.6 is 22.9 Å². The van der Waals surface area contributed by atoms with Crippen LogP contribution in [0.15, 0.2) is 30.5 Å². The minimum Gasteiger partial charge on any atom is -0.387 e. The molecule has 0 bridgehead atoms. The average Bonchev–Trinajstić information content (AvgIpc) is 2.65. The molecule has 2 heterocycles.